The monoisotopic (exact) mass is 308 g/mol. The first-order valence-corrected chi connectivity index (χ1v) is 7.99. The Morgan fingerprint density at radius 2 is 2.19 bits per heavy atom. The largest absolute Gasteiger partial charge is 0.361 e. The van der Waals surface area contributed by atoms with Crippen molar-refractivity contribution in [1.29, 1.82) is 0 Å². The molecule has 1 saturated heterocycles. The molecule has 112 valence electrons. The molecule has 0 bridgehead atoms. The smallest absolute Gasteiger partial charge is 0.273 e. The fourth-order valence-corrected chi connectivity index (χ4v) is 3.29. The summed E-state index contributed by atoms with van der Waals surface area (Å²) in [5.41, 5.74) is 0.247. The number of carbonyl (C=O) groups excluding carboxylic acids is 1. The van der Waals surface area contributed by atoms with Crippen molar-refractivity contribution >= 4 is 17.7 Å². The molecule has 2 aromatic heterocycles. The normalized spacial score (nSPS) is 16.0. The van der Waals surface area contributed by atoms with Crippen LogP contribution in [-0.4, -0.2) is 32.7 Å². The van der Waals surface area contributed by atoms with E-state index in [4.69, 9.17) is 9.05 Å². The van der Waals surface area contributed by atoms with Crippen LogP contribution in [0.4, 0.5) is 0 Å². The van der Waals surface area contributed by atoms with Gasteiger partial charge in [-0.05, 0) is 31.3 Å². The fraction of sp³-hybridized carbons (Fsp3) is 0.538. The molecular formula is C13H16N4O3S. The molecule has 8 heteroatoms. The molecule has 1 aliphatic heterocycles. The predicted molar refractivity (Wildman–Crippen MR) is 76.0 cm³/mol. The summed E-state index contributed by atoms with van der Waals surface area (Å²) in [6, 6.07) is 1.58. The number of nitrogens with zero attached hydrogens (tertiary/aromatic N) is 3. The van der Waals surface area contributed by atoms with E-state index in [1.807, 2.05) is 11.8 Å². The number of aryl methyl sites for hydroxylation is 1. The Morgan fingerprint density at radius 1 is 1.38 bits per heavy atom. The highest BCUT2D eigenvalue weighted by Crippen LogP contribution is 2.29. The van der Waals surface area contributed by atoms with E-state index >= 15 is 0 Å². The first kappa shape index (κ1) is 14.1. The minimum atomic E-state index is -0.319. The number of hydrogen-bond acceptors (Lipinski definition) is 7. The summed E-state index contributed by atoms with van der Waals surface area (Å²) < 4.78 is 10.0. The Labute approximate surface area is 125 Å². The quantitative estimate of drug-likeness (QED) is 0.921. The topological polar surface area (TPSA) is 94.1 Å². The van der Waals surface area contributed by atoms with Gasteiger partial charge in [0.2, 0.25) is 5.89 Å². The molecule has 21 heavy (non-hydrogen) atoms. The lowest BCUT2D eigenvalue weighted by molar-refractivity contribution is 0.0937. The number of rotatable bonds is 4. The van der Waals surface area contributed by atoms with Crippen LogP contribution < -0.4 is 5.32 Å². The van der Waals surface area contributed by atoms with E-state index < -0.39 is 0 Å². The van der Waals surface area contributed by atoms with Gasteiger partial charge in [-0.15, -0.1) is 0 Å². The third-order valence-electron chi connectivity index (χ3n) is 3.33. The molecule has 1 N–H and O–H groups in total. The zero-order valence-corrected chi connectivity index (χ0v) is 12.5. The number of amides is 1. The van der Waals surface area contributed by atoms with Crippen molar-refractivity contribution in [3.8, 4) is 0 Å². The maximum atomic E-state index is 11.8. The highest BCUT2D eigenvalue weighted by atomic mass is 32.2. The van der Waals surface area contributed by atoms with Crippen LogP contribution in [0.5, 0.6) is 0 Å². The van der Waals surface area contributed by atoms with Gasteiger partial charge in [0.15, 0.2) is 11.5 Å². The van der Waals surface area contributed by atoms with Crippen molar-refractivity contribution < 1.29 is 13.8 Å². The second-order valence-corrected chi connectivity index (χ2v) is 6.16. The lowest BCUT2D eigenvalue weighted by Crippen LogP contribution is -2.23. The summed E-state index contributed by atoms with van der Waals surface area (Å²) in [5.74, 6) is 4.08. The first-order chi connectivity index (χ1) is 10.2. The Balaban J connectivity index is 1.56. The molecule has 2 aromatic rings. The summed E-state index contributed by atoms with van der Waals surface area (Å²) >= 11 is 1.95. The first-order valence-electron chi connectivity index (χ1n) is 6.84. The van der Waals surface area contributed by atoms with Gasteiger partial charge in [-0.2, -0.15) is 16.7 Å². The van der Waals surface area contributed by atoms with Gasteiger partial charge in [0.05, 0.1) is 6.54 Å². The third kappa shape index (κ3) is 3.44. The van der Waals surface area contributed by atoms with Crippen LogP contribution in [0, 0.1) is 6.92 Å². The number of thioether (sulfide) groups is 1. The number of nitrogens with one attached hydrogen (secondary N) is 1. The van der Waals surface area contributed by atoms with Gasteiger partial charge >= 0.3 is 0 Å². The number of carbonyl (C=O) groups is 1. The molecule has 0 spiro atoms. The van der Waals surface area contributed by atoms with E-state index in [1.54, 1.807) is 13.0 Å². The Hall–Kier alpha value is -1.83. The van der Waals surface area contributed by atoms with E-state index in [2.05, 4.69) is 20.6 Å². The second-order valence-electron chi connectivity index (χ2n) is 4.94. The summed E-state index contributed by atoms with van der Waals surface area (Å²) in [5, 5.41) is 10.3. The highest BCUT2D eigenvalue weighted by molar-refractivity contribution is 7.99. The third-order valence-corrected chi connectivity index (χ3v) is 4.38. The van der Waals surface area contributed by atoms with Crippen molar-refractivity contribution in [1.82, 2.24) is 20.6 Å². The van der Waals surface area contributed by atoms with Crippen molar-refractivity contribution in [3.63, 3.8) is 0 Å². The molecular weight excluding hydrogens is 292 g/mol. The Bertz CT molecular complexity index is 618. The summed E-state index contributed by atoms with van der Waals surface area (Å²) in [6.45, 7) is 1.93. The summed E-state index contributed by atoms with van der Waals surface area (Å²) in [6.07, 6.45) is 2.16. The lowest BCUT2D eigenvalue weighted by Gasteiger charge is -2.17. The zero-order valence-electron chi connectivity index (χ0n) is 11.7. The lowest BCUT2D eigenvalue weighted by atomic mass is 10.0. The van der Waals surface area contributed by atoms with Crippen molar-refractivity contribution in [2.45, 2.75) is 32.2 Å². The minimum Gasteiger partial charge on any atom is -0.361 e. The van der Waals surface area contributed by atoms with Crippen LogP contribution in [0.3, 0.4) is 0 Å². The SMILES string of the molecule is Cc1cc(C(=O)NCc2nc(C3CCSCC3)no2)no1. The van der Waals surface area contributed by atoms with Gasteiger partial charge < -0.3 is 14.4 Å². The second kappa shape index (κ2) is 6.30. The van der Waals surface area contributed by atoms with Gasteiger partial charge in [0.25, 0.3) is 5.91 Å². The van der Waals surface area contributed by atoms with Crippen LogP contribution in [0.2, 0.25) is 0 Å². The maximum absolute atomic E-state index is 11.8. The molecule has 0 saturated carbocycles. The van der Waals surface area contributed by atoms with Gasteiger partial charge in [-0.1, -0.05) is 10.3 Å². The predicted octanol–water partition coefficient (Wildman–Crippen LogP) is 1.91. The van der Waals surface area contributed by atoms with E-state index in [1.165, 1.54) is 0 Å². The van der Waals surface area contributed by atoms with Gasteiger partial charge in [0, 0.05) is 12.0 Å². The Morgan fingerprint density at radius 3 is 2.90 bits per heavy atom. The highest BCUT2D eigenvalue weighted by Gasteiger charge is 2.21. The van der Waals surface area contributed by atoms with Crippen LogP contribution in [-0.2, 0) is 6.54 Å². The fourth-order valence-electron chi connectivity index (χ4n) is 2.18. The van der Waals surface area contributed by atoms with Gasteiger partial charge in [0.1, 0.15) is 5.76 Å². The molecule has 3 heterocycles. The average Bonchev–Trinajstić information content (AvgIpc) is 3.15. The standard InChI is InChI=1S/C13H16N4O3S/c1-8-6-10(16-19-8)13(18)14-7-11-15-12(17-20-11)9-2-4-21-5-3-9/h6,9H,2-5,7H2,1H3,(H,14,18). The maximum Gasteiger partial charge on any atom is 0.273 e. The molecule has 0 radical (unpaired) electrons. The zero-order chi connectivity index (χ0) is 14.7. The van der Waals surface area contributed by atoms with Crippen molar-refractivity contribution in [2.24, 2.45) is 0 Å². The van der Waals surface area contributed by atoms with Crippen LogP contribution >= 0.6 is 11.8 Å². The van der Waals surface area contributed by atoms with Crippen LogP contribution in [0.25, 0.3) is 0 Å². The molecule has 0 unspecified atom stereocenters. The molecule has 3 rings (SSSR count). The molecule has 1 aliphatic rings. The van der Waals surface area contributed by atoms with Gasteiger partial charge in [-0.3, -0.25) is 4.79 Å². The summed E-state index contributed by atoms with van der Waals surface area (Å²) in [4.78, 5) is 16.2. The molecule has 0 atom stereocenters. The molecule has 0 aliphatic carbocycles. The van der Waals surface area contributed by atoms with Crippen molar-refractivity contribution in [3.05, 3.63) is 29.2 Å². The van der Waals surface area contributed by atoms with E-state index in [9.17, 15) is 4.79 Å². The number of aromatic nitrogens is 3. The minimum absolute atomic E-state index is 0.194. The average molecular weight is 308 g/mol. The van der Waals surface area contributed by atoms with Crippen LogP contribution in [0.1, 0.15) is 46.7 Å². The summed E-state index contributed by atoms with van der Waals surface area (Å²) in [7, 11) is 0. The van der Waals surface area contributed by atoms with Gasteiger partial charge in [-0.25, -0.2) is 0 Å². The van der Waals surface area contributed by atoms with E-state index in [0.29, 0.717) is 17.6 Å². The van der Waals surface area contributed by atoms with Crippen LogP contribution in [0.15, 0.2) is 15.1 Å². The molecule has 7 nitrogen and oxygen atoms in total. The number of hydrogen-bond donors (Lipinski definition) is 1. The molecule has 1 fully saturated rings. The van der Waals surface area contributed by atoms with Crippen molar-refractivity contribution in [2.75, 3.05) is 11.5 Å². The Kier molecular flexibility index (Phi) is 4.23. The van der Waals surface area contributed by atoms with E-state index in [0.717, 1.165) is 30.2 Å². The molecule has 1 amide bonds. The van der Waals surface area contributed by atoms with E-state index in [-0.39, 0.29) is 18.1 Å². The molecule has 0 aromatic carbocycles.